The third kappa shape index (κ3) is 34.2. The molecule has 0 saturated carbocycles. The molecule has 0 bridgehead atoms. The number of allylic oxidation sites excluding steroid dienone is 11. The van der Waals surface area contributed by atoms with E-state index < -0.39 is 26.6 Å². The number of nitrogens with zero attached hydrogens (tertiary/aromatic N) is 1. The number of rotatable bonds is 32. The smallest absolute Gasteiger partial charge is 0.268 e. The van der Waals surface area contributed by atoms with Crippen molar-refractivity contribution in [3.8, 4) is 0 Å². The minimum atomic E-state index is -4.61. The number of carbonyl (C=O) groups excluding carboxylic acids is 1. The van der Waals surface area contributed by atoms with Crippen molar-refractivity contribution in [2.75, 3.05) is 40.9 Å². The lowest BCUT2D eigenvalue weighted by Crippen LogP contribution is -2.45. The summed E-state index contributed by atoms with van der Waals surface area (Å²) in [5.74, 6) is -0.293. The van der Waals surface area contributed by atoms with Crippen LogP contribution in [-0.2, 0) is 18.4 Å². The second kappa shape index (κ2) is 31.9. The normalized spacial score (nSPS) is 15.5. The van der Waals surface area contributed by atoms with Crippen LogP contribution in [-0.4, -0.2) is 68.5 Å². The lowest BCUT2D eigenvalue weighted by Gasteiger charge is -2.29. The van der Waals surface area contributed by atoms with Crippen LogP contribution in [0.5, 0.6) is 0 Å². The highest BCUT2D eigenvalue weighted by atomic mass is 31.2. The maximum Gasteiger partial charge on any atom is 0.268 e. The van der Waals surface area contributed by atoms with E-state index in [9.17, 15) is 19.4 Å². The van der Waals surface area contributed by atoms with Gasteiger partial charge in [-0.05, 0) is 57.8 Å². The van der Waals surface area contributed by atoms with Crippen LogP contribution in [0, 0.1) is 0 Å². The molecule has 0 aromatic carbocycles. The van der Waals surface area contributed by atoms with Gasteiger partial charge in [-0.25, -0.2) is 0 Å². The summed E-state index contributed by atoms with van der Waals surface area (Å²) in [5, 5.41) is 13.6. The van der Waals surface area contributed by atoms with E-state index in [1.165, 1.54) is 51.4 Å². The molecule has 0 aliphatic carbocycles. The van der Waals surface area contributed by atoms with Crippen molar-refractivity contribution in [2.24, 2.45) is 0 Å². The van der Waals surface area contributed by atoms with Gasteiger partial charge in [-0.15, -0.1) is 0 Å². The molecule has 3 unspecified atom stereocenters. The molecule has 0 radical (unpaired) electrons. The molecule has 0 fully saturated rings. The van der Waals surface area contributed by atoms with Gasteiger partial charge in [0.2, 0.25) is 5.91 Å². The van der Waals surface area contributed by atoms with Gasteiger partial charge in [0.15, 0.2) is 0 Å². The summed E-state index contributed by atoms with van der Waals surface area (Å²) < 4.78 is 23.0. The summed E-state index contributed by atoms with van der Waals surface area (Å²) in [4.78, 5) is 25.1. The van der Waals surface area contributed by atoms with Crippen molar-refractivity contribution in [1.82, 2.24) is 5.32 Å². The Morgan fingerprint density at radius 1 is 0.735 bits per heavy atom. The number of amides is 1. The number of phosphoric acid groups is 1. The molecule has 0 aliphatic rings. The van der Waals surface area contributed by atoms with Crippen LogP contribution in [0.2, 0.25) is 0 Å². The van der Waals surface area contributed by atoms with E-state index in [4.69, 9.17) is 9.05 Å². The first kappa shape index (κ1) is 46.9. The second-order valence-corrected chi connectivity index (χ2v) is 14.9. The number of nitrogens with one attached hydrogen (secondary N) is 1. The number of carbonyl (C=O) groups is 1. The van der Waals surface area contributed by atoms with E-state index in [0.717, 1.165) is 44.9 Å². The third-order valence-electron chi connectivity index (χ3n) is 7.66. The van der Waals surface area contributed by atoms with Crippen LogP contribution >= 0.6 is 7.82 Å². The first-order valence-electron chi connectivity index (χ1n) is 18.8. The van der Waals surface area contributed by atoms with Gasteiger partial charge in [-0.2, -0.15) is 0 Å². The SMILES string of the molecule is CC/C=C\C/C=C\C/C=C\C/C=C\CCC(=O)NC(COP(=O)([O-])OCC[N+](C)(C)C)C(O)/C=C/CC/C=C/CCCCCCCCCC. The lowest BCUT2D eigenvalue weighted by molar-refractivity contribution is -0.870. The molecule has 0 spiro atoms. The van der Waals surface area contributed by atoms with Crippen LogP contribution < -0.4 is 10.2 Å². The first-order valence-corrected chi connectivity index (χ1v) is 20.3. The molecule has 0 rings (SSSR count). The molecule has 9 heteroatoms. The fourth-order valence-electron chi connectivity index (χ4n) is 4.65. The molecule has 49 heavy (non-hydrogen) atoms. The Morgan fingerprint density at radius 2 is 1.27 bits per heavy atom. The van der Waals surface area contributed by atoms with Crippen LogP contribution in [0.15, 0.2) is 72.9 Å². The molecule has 2 N–H and O–H groups in total. The average Bonchev–Trinajstić information content (AvgIpc) is 3.04. The van der Waals surface area contributed by atoms with E-state index >= 15 is 0 Å². The lowest BCUT2D eigenvalue weighted by atomic mass is 10.1. The number of phosphoric ester groups is 1. The van der Waals surface area contributed by atoms with Crippen molar-refractivity contribution in [2.45, 2.75) is 135 Å². The molecule has 0 saturated heterocycles. The number of hydrogen-bond donors (Lipinski definition) is 2. The third-order valence-corrected chi connectivity index (χ3v) is 8.63. The average molecular weight is 707 g/mol. The predicted molar refractivity (Wildman–Crippen MR) is 205 cm³/mol. The summed E-state index contributed by atoms with van der Waals surface area (Å²) in [6.45, 7) is 4.40. The Bertz CT molecular complexity index is 1030. The zero-order valence-corrected chi connectivity index (χ0v) is 32.5. The minimum absolute atomic E-state index is 0.0226. The number of unbranched alkanes of at least 4 members (excludes halogenated alkanes) is 9. The fraction of sp³-hybridized carbons (Fsp3) is 0.675. The predicted octanol–water partition coefficient (Wildman–Crippen LogP) is 9.05. The van der Waals surface area contributed by atoms with Crippen molar-refractivity contribution < 1.29 is 32.9 Å². The zero-order chi connectivity index (χ0) is 36.5. The summed E-state index contributed by atoms with van der Waals surface area (Å²) in [6, 6.07) is -0.942. The van der Waals surface area contributed by atoms with Crippen molar-refractivity contribution in [3.63, 3.8) is 0 Å². The molecule has 0 heterocycles. The number of aliphatic hydroxyl groups excluding tert-OH is 1. The zero-order valence-electron chi connectivity index (χ0n) is 31.6. The topological polar surface area (TPSA) is 108 Å². The molecule has 282 valence electrons. The monoisotopic (exact) mass is 707 g/mol. The van der Waals surface area contributed by atoms with E-state index in [1.54, 1.807) is 6.08 Å². The summed E-state index contributed by atoms with van der Waals surface area (Å²) >= 11 is 0. The molecule has 8 nitrogen and oxygen atoms in total. The van der Waals surface area contributed by atoms with Gasteiger partial charge >= 0.3 is 0 Å². The Kier molecular flexibility index (Phi) is 30.5. The summed E-state index contributed by atoms with van der Waals surface area (Å²) in [5.41, 5.74) is 0. The van der Waals surface area contributed by atoms with Crippen LogP contribution in [0.25, 0.3) is 0 Å². The highest BCUT2D eigenvalue weighted by Gasteiger charge is 2.23. The maximum atomic E-state index is 12.7. The van der Waals surface area contributed by atoms with Gasteiger partial charge in [0.1, 0.15) is 13.2 Å². The highest BCUT2D eigenvalue weighted by Crippen LogP contribution is 2.38. The first-order chi connectivity index (χ1) is 23.5. The second-order valence-electron chi connectivity index (χ2n) is 13.5. The Balaban J connectivity index is 4.75. The van der Waals surface area contributed by atoms with Gasteiger partial charge in [0.05, 0.1) is 39.9 Å². The van der Waals surface area contributed by atoms with Crippen molar-refractivity contribution in [3.05, 3.63) is 72.9 Å². The molecule has 1 amide bonds. The molecule has 0 aromatic heterocycles. The van der Waals surface area contributed by atoms with Crippen LogP contribution in [0.1, 0.15) is 123 Å². The minimum Gasteiger partial charge on any atom is -0.756 e. The van der Waals surface area contributed by atoms with Gasteiger partial charge in [0.25, 0.3) is 7.82 Å². The number of likely N-dealkylation sites (N-methyl/N-ethyl adjacent to an activating group) is 1. The highest BCUT2D eigenvalue weighted by molar-refractivity contribution is 7.45. The van der Waals surface area contributed by atoms with Crippen LogP contribution in [0.4, 0.5) is 0 Å². The van der Waals surface area contributed by atoms with E-state index in [-0.39, 0.29) is 18.9 Å². The molecule has 0 aromatic rings. The Labute approximate surface area is 300 Å². The van der Waals surface area contributed by atoms with E-state index in [0.29, 0.717) is 17.4 Å². The van der Waals surface area contributed by atoms with Crippen molar-refractivity contribution in [1.29, 1.82) is 0 Å². The van der Waals surface area contributed by atoms with Gasteiger partial charge in [-0.1, -0.05) is 132 Å². The number of quaternary nitrogens is 1. The van der Waals surface area contributed by atoms with Gasteiger partial charge in [-0.3, -0.25) is 9.36 Å². The molecule has 0 aliphatic heterocycles. The Morgan fingerprint density at radius 3 is 1.88 bits per heavy atom. The van der Waals surface area contributed by atoms with Gasteiger partial charge < -0.3 is 28.8 Å². The van der Waals surface area contributed by atoms with Crippen molar-refractivity contribution >= 4 is 13.7 Å². The Hall–Kier alpha value is -2.06. The maximum absolute atomic E-state index is 12.7. The molecular weight excluding hydrogens is 635 g/mol. The largest absolute Gasteiger partial charge is 0.756 e. The van der Waals surface area contributed by atoms with E-state index in [1.807, 2.05) is 39.4 Å². The van der Waals surface area contributed by atoms with Gasteiger partial charge in [0, 0.05) is 6.42 Å². The quantitative estimate of drug-likeness (QED) is 0.0313. The summed E-state index contributed by atoms with van der Waals surface area (Å²) in [7, 11) is 1.18. The molecular formula is C40H71N2O6P. The standard InChI is InChI=1S/C40H71N2O6P/c1-6-8-10-12-14-16-18-20-22-23-25-27-29-31-33-39(43)38(37-48-49(45,46)47-36-35-42(3,4)5)41-40(44)34-32-30-28-26-24-21-19-17-15-13-11-9-7-2/h9,11,15,17,21,23-25,28,30-31,33,38-39,43H,6-8,10,12-14,16,18-20,22,26-27,29,32,34-37H2,1-5H3,(H-,41,44,45,46)/b11-9-,17-15-,24-21-,25-23+,30-28-,33-31+. The number of hydrogen-bond acceptors (Lipinski definition) is 6. The summed E-state index contributed by atoms with van der Waals surface area (Å²) in [6.07, 6.45) is 41.1. The molecule has 3 atom stereocenters. The van der Waals surface area contributed by atoms with Crippen LogP contribution in [0.3, 0.4) is 0 Å². The number of aliphatic hydroxyl groups is 1. The van der Waals surface area contributed by atoms with E-state index in [2.05, 4.69) is 67.8 Å². The fourth-order valence-corrected chi connectivity index (χ4v) is 5.37.